The molecular formula is C17H13Br2NO. The van der Waals surface area contributed by atoms with E-state index in [1.54, 1.807) is 6.20 Å². The highest BCUT2D eigenvalue weighted by molar-refractivity contribution is 9.10. The summed E-state index contributed by atoms with van der Waals surface area (Å²) in [7, 11) is 0. The van der Waals surface area contributed by atoms with Crippen LogP contribution >= 0.6 is 31.9 Å². The van der Waals surface area contributed by atoms with Gasteiger partial charge in [0, 0.05) is 21.6 Å². The minimum atomic E-state index is 0.464. The lowest BCUT2D eigenvalue weighted by Gasteiger charge is -2.12. The second-order valence-electron chi connectivity index (χ2n) is 4.65. The number of hydrogen-bond donors (Lipinski definition) is 0. The van der Waals surface area contributed by atoms with Crippen LogP contribution in [0.3, 0.4) is 0 Å². The molecule has 1 heterocycles. The highest BCUT2D eigenvalue weighted by Crippen LogP contribution is 2.30. The first-order chi connectivity index (χ1) is 10.3. The molecule has 0 saturated carbocycles. The Morgan fingerprint density at radius 1 is 1.00 bits per heavy atom. The Kier molecular flexibility index (Phi) is 4.56. The zero-order valence-electron chi connectivity index (χ0n) is 11.2. The number of aromatic nitrogens is 1. The van der Waals surface area contributed by atoms with E-state index in [4.69, 9.17) is 4.74 Å². The first kappa shape index (κ1) is 14.5. The smallest absolute Gasteiger partial charge is 0.130 e. The molecule has 0 bridgehead atoms. The van der Waals surface area contributed by atoms with E-state index in [1.807, 2.05) is 24.3 Å². The zero-order valence-corrected chi connectivity index (χ0v) is 14.4. The van der Waals surface area contributed by atoms with Gasteiger partial charge in [0.2, 0.25) is 0 Å². The minimum Gasteiger partial charge on any atom is -0.487 e. The summed E-state index contributed by atoms with van der Waals surface area (Å²) in [4.78, 5) is 4.33. The van der Waals surface area contributed by atoms with E-state index in [2.05, 4.69) is 61.1 Å². The van der Waals surface area contributed by atoms with Crippen LogP contribution in [0.25, 0.3) is 10.8 Å². The molecular weight excluding hydrogens is 394 g/mol. The average Bonchev–Trinajstić information content (AvgIpc) is 2.53. The highest BCUT2D eigenvalue weighted by atomic mass is 79.9. The molecule has 0 aliphatic rings. The predicted molar refractivity (Wildman–Crippen MR) is 92.8 cm³/mol. The zero-order chi connectivity index (χ0) is 14.7. The Morgan fingerprint density at radius 3 is 2.62 bits per heavy atom. The Hall–Kier alpha value is -1.39. The van der Waals surface area contributed by atoms with Crippen LogP contribution in [0.2, 0.25) is 0 Å². The van der Waals surface area contributed by atoms with Crippen molar-refractivity contribution in [2.75, 3.05) is 0 Å². The fraction of sp³-hybridized carbons (Fsp3) is 0.118. The molecule has 0 aliphatic carbocycles. The van der Waals surface area contributed by atoms with E-state index >= 15 is 0 Å². The average molecular weight is 407 g/mol. The molecule has 0 radical (unpaired) electrons. The summed E-state index contributed by atoms with van der Waals surface area (Å²) in [5.74, 6) is 0.898. The van der Waals surface area contributed by atoms with Gasteiger partial charge in [0.15, 0.2) is 0 Å². The third kappa shape index (κ3) is 3.27. The van der Waals surface area contributed by atoms with Gasteiger partial charge in [-0.15, -0.1) is 0 Å². The van der Waals surface area contributed by atoms with Crippen LogP contribution in [0.5, 0.6) is 5.75 Å². The van der Waals surface area contributed by atoms with Crippen molar-refractivity contribution in [1.82, 2.24) is 4.98 Å². The van der Waals surface area contributed by atoms with Crippen LogP contribution in [0.1, 0.15) is 11.3 Å². The van der Waals surface area contributed by atoms with Gasteiger partial charge in [0.25, 0.3) is 0 Å². The summed E-state index contributed by atoms with van der Waals surface area (Å²) in [5.41, 5.74) is 2.08. The standard InChI is InChI=1S/C17H13Br2NO/c18-9-16-15-4-2-1-3-12(15)5-8-17(16)21-11-14-7-6-13(19)10-20-14/h1-8,10H,9,11H2. The summed E-state index contributed by atoms with van der Waals surface area (Å²) in [6, 6.07) is 16.4. The van der Waals surface area contributed by atoms with Crippen LogP contribution in [0.4, 0.5) is 0 Å². The number of halogens is 2. The van der Waals surface area contributed by atoms with Gasteiger partial charge in [0.1, 0.15) is 12.4 Å². The fourth-order valence-electron chi connectivity index (χ4n) is 2.23. The second-order valence-corrected chi connectivity index (χ2v) is 6.13. The summed E-state index contributed by atoms with van der Waals surface area (Å²) in [6.07, 6.45) is 1.78. The Balaban J connectivity index is 1.88. The van der Waals surface area contributed by atoms with Crippen molar-refractivity contribution in [2.45, 2.75) is 11.9 Å². The van der Waals surface area contributed by atoms with Crippen LogP contribution in [0, 0.1) is 0 Å². The van der Waals surface area contributed by atoms with Crippen molar-refractivity contribution in [3.63, 3.8) is 0 Å². The largest absolute Gasteiger partial charge is 0.487 e. The van der Waals surface area contributed by atoms with Gasteiger partial charge in [0.05, 0.1) is 5.69 Å². The normalized spacial score (nSPS) is 10.8. The minimum absolute atomic E-state index is 0.464. The number of nitrogens with zero attached hydrogens (tertiary/aromatic N) is 1. The van der Waals surface area contributed by atoms with Crippen molar-refractivity contribution in [1.29, 1.82) is 0 Å². The van der Waals surface area contributed by atoms with Crippen LogP contribution in [-0.2, 0) is 11.9 Å². The van der Waals surface area contributed by atoms with Gasteiger partial charge in [-0.3, -0.25) is 4.98 Å². The lowest BCUT2D eigenvalue weighted by atomic mass is 10.0. The molecule has 0 saturated heterocycles. The Bertz CT molecular complexity index is 756. The first-order valence-corrected chi connectivity index (χ1v) is 8.49. The molecule has 0 N–H and O–H groups in total. The van der Waals surface area contributed by atoms with Gasteiger partial charge < -0.3 is 4.74 Å². The van der Waals surface area contributed by atoms with Crippen molar-refractivity contribution in [2.24, 2.45) is 0 Å². The number of fused-ring (bicyclic) bond motifs is 1. The molecule has 0 amide bonds. The number of hydrogen-bond acceptors (Lipinski definition) is 2. The maximum Gasteiger partial charge on any atom is 0.130 e. The quantitative estimate of drug-likeness (QED) is 0.536. The van der Waals surface area contributed by atoms with E-state index < -0.39 is 0 Å². The lowest BCUT2D eigenvalue weighted by molar-refractivity contribution is 0.299. The summed E-state index contributed by atoms with van der Waals surface area (Å²) >= 11 is 6.95. The van der Waals surface area contributed by atoms with Crippen molar-refractivity contribution in [3.8, 4) is 5.75 Å². The summed E-state index contributed by atoms with van der Waals surface area (Å²) < 4.78 is 6.92. The van der Waals surface area contributed by atoms with Crippen molar-refractivity contribution >= 4 is 42.6 Å². The van der Waals surface area contributed by atoms with Gasteiger partial charge in [-0.1, -0.05) is 46.3 Å². The van der Waals surface area contributed by atoms with Gasteiger partial charge in [-0.2, -0.15) is 0 Å². The van der Waals surface area contributed by atoms with Crippen molar-refractivity contribution in [3.05, 3.63) is 70.5 Å². The molecule has 3 rings (SSSR count). The van der Waals surface area contributed by atoms with Crippen LogP contribution < -0.4 is 4.74 Å². The van der Waals surface area contributed by atoms with E-state index in [0.717, 1.165) is 21.2 Å². The molecule has 0 aliphatic heterocycles. The van der Waals surface area contributed by atoms with E-state index in [0.29, 0.717) is 6.61 Å². The van der Waals surface area contributed by atoms with Gasteiger partial charge in [-0.25, -0.2) is 0 Å². The third-order valence-corrected chi connectivity index (χ3v) is 4.33. The highest BCUT2D eigenvalue weighted by Gasteiger charge is 2.08. The molecule has 106 valence electrons. The molecule has 3 aromatic rings. The Morgan fingerprint density at radius 2 is 1.86 bits per heavy atom. The first-order valence-electron chi connectivity index (χ1n) is 6.58. The molecule has 2 aromatic carbocycles. The number of alkyl halides is 1. The Labute approximate surface area is 140 Å². The molecule has 0 unspecified atom stereocenters. The molecule has 2 nitrogen and oxygen atoms in total. The van der Waals surface area contributed by atoms with E-state index in [-0.39, 0.29) is 0 Å². The maximum absolute atomic E-state index is 5.95. The molecule has 0 fully saturated rings. The molecule has 0 spiro atoms. The van der Waals surface area contributed by atoms with Gasteiger partial charge >= 0.3 is 0 Å². The number of rotatable bonds is 4. The number of ether oxygens (including phenoxy) is 1. The molecule has 0 atom stereocenters. The third-order valence-electron chi connectivity index (χ3n) is 3.30. The van der Waals surface area contributed by atoms with Crippen LogP contribution in [-0.4, -0.2) is 4.98 Å². The lowest BCUT2D eigenvalue weighted by Crippen LogP contribution is -2.00. The van der Waals surface area contributed by atoms with E-state index in [9.17, 15) is 0 Å². The SMILES string of the molecule is BrCc1c(OCc2ccc(Br)cn2)ccc2ccccc12. The number of benzene rings is 2. The monoisotopic (exact) mass is 405 g/mol. The van der Waals surface area contributed by atoms with Crippen LogP contribution in [0.15, 0.2) is 59.2 Å². The van der Waals surface area contributed by atoms with Gasteiger partial charge in [-0.05, 0) is 44.9 Å². The maximum atomic E-state index is 5.95. The van der Waals surface area contributed by atoms with E-state index in [1.165, 1.54) is 16.3 Å². The summed E-state index contributed by atoms with van der Waals surface area (Å²) in [6.45, 7) is 0.464. The topological polar surface area (TPSA) is 22.1 Å². The number of pyridine rings is 1. The summed E-state index contributed by atoms with van der Waals surface area (Å²) in [5, 5.41) is 3.20. The molecule has 4 heteroatoms. The molecule has 21 heavy (non-hydrogen) atoms. The fourth-order valence-corrected chi connectivity index (χ4v) is 3.05. The molecule has 1 aromatic heterocycles. The van der Waals surface area contributed by atoms with Crippen molar-refractivity contribution < 1.29 is 4.74 Å². The second kappa shape index (κ2) is 6.58. The predicted octanol–water partition coefficient (Wildman–Crippen LogP) is 5.47.